The molecule has 1 aromatic carbocycles. The number of nitrogens with one attached hydrogen (secondary N) is 1. The van der Waals surface area contributed by atoms with Gasteiger partial charge in [-0.25, -0.2) is 0 Å². The number of anilines is 1. The average Bonchev–Trinajstić information content (AvgIpc) is 2.36. The number of benzene rings is 1. The number of carboxylic acids is 1. The Morgan fingerprint density at radius 1 is 1.29 bits per heavy atom. The van der Waals surface area contributed by atoms with Gasteiger partial charge < -0.3 is 10.4 Å². The van der Waals surface area contributed by atoms with Crippen LogP contribution in [-0.4, -0.2) is 23.4 Å². The Morgan fingerprint density at radius 3 is 2.38 bits per heavy atom. The molecule has 1 unspecified atom stereocenters. The summed E-state index contributed by atoms with van der Waals surface area (Å²) in [7, 11) is 0. The summed E-state index contributed by atoms with van der Waals surface area (Å²) in [6.07, 6.45) is 1.42. The zero-order chi connectivity index (χ0) is 16.2. The van der Waals surface area contributed by atoms with Crippen LogP contribution in [0.2, 0.25) is 0 Å². The van der Waals surface area contributed by atoms with E-state index in [-0.39, 0.29) is 12.3 Å². The Balaban J connectivity index is 3.34. The number of aliphatic carboxylic acids is 1. The maximum atomic E-state index is 11.6. The molecule has 1 rings (SSSR count). The molecule has 0 aliphatic heterocycles. The fourth-order valence-corrected chi connectivity index (χ4v) is 6.48. The predicted octanol–water partition coefficient (Wildman–Crippen LogP) is 4.47. The lowest BCUT2D eigenvalue weighted by atomic mass is 9.94. The second-order valence-electron chi connectivity index (χ2n) is 4.68. The predicted molar refractivity (Wildman–Crippen MR) is 109 cm³/mol. The molecule has 0 aliphatic rings. The molecule has 0 aromatic heterocycles. The Labute approximate surface area is 165 Å². The highest BCUT2D eigenvalue weighted by molar-refractivity contribution is 14.1. The molecule has 116 valence electrons. The lowest BCUT2D eigenvalue weighted by Crippen LogP contribution is -2.18. The van der Waals surface area contributed by atoms with Crippen LogP contribution in [0.4, 0.5) is 5.69 Å². The summed E-state index contributed by atoms with van der Waals surface area (Å²) >= 11 is 6.58. The van der Waals surface area contributed by atoms with E-state index in [1.807, 2.05) is 13.0 Å². The maximum Gasteiger partial charge on any atom is 0.311 e. The van der Waals surface area contributed by atoms with Crippen LogP contribution in [0.1, 0.15) is 38.2 Å². The van der Waals surface area contributed by atoms with Gasteiger partial charge in [-0.3, -0.25) is 9.59 Å². The van der Waals surface area contributed by atoms with E-state index >= 15 is 0 Å². The van der Waals surface area contributed by atoms with Gasteiger partial charge >= 0.3 is 5.97 Å². The van der Waals surface area contributed by atoms with Gasteiger partial charge in [-0.15, -0.1) is 0 Å². The lowest BCUT2D eigenvalue weighted by molar-refractivity contribution is -0.139. The molecule has 0 heterocycles. The Bertz CT molecular complexity index is 561. The summed E-state index contributed by atoms with van der Waals surface area (Å²) in [6, 6.07) is 1.96. The fourth-order valence-electron chi connectivity index (χ4n) is 1.98. The highest BCUT2D eigenvalue weighted by atomic mass is 127. The molecule has 7 heteroatoms. The number of hydrogen-bond donors (Lipinski definition) is 2. The third-order valence-electron chi connectivity index (χ3n) is 2.94. The summed E-state index contributed by atoms with van der Waals surface area (Å²) in [5, 5.41) is 12.6. The first-order chi connectivity index (χ1) is 9.79. The SMILES string of the molecule is CCCC(C(=O)O)c1c(I)cc(I)c(NCC(C)=O)c1I. The van der Waals surface area contributed by atoms with Crippen LogP contribution in [0, 0.1) is 10.7 Å². The zero-order valence-corrected chi connectivity index (χ0v) is 18.1. The highest BCUT2D eigenvalue weighted by Gasteiger charge is 2.26. The molecule has 4 nitrogen and oxygen atoms in total. The third-order valence-corrected chi connectivity index (χ3v) is 5.81. The van der Waals surface area contributed by atoms with E-state index in [0.29, 0.717) is 6.42 Å². The molecule has 0 fully saturated rings. The van der Waals surface area contributed by atoms with Crippen LogP contribution in [0.5, 0.6) is 0 Å². The molecule has 2 N–H and O–H groups in total. The first-order valence-electron chi connectivity index (χ1n) is 6.43. The first-order valence-corrected chi connectivity index (χ1v) is 9.66. The highest BCUT2D eigenvalue weighted by Crippen LogP contribution is 2.37. The smallest absolute Gasteiger partial charge is 0.311 e. The van der Waals surface area contributed by atoms with Crippen molar-refractivity contribution in [1.82, 2.24) is 0 Å². The number of carboxylic acid groups (broad SMARTS) is 1. The van der Waals surface area contributed by atoms with Crippen LogP contribution in [0.25, 0.3) is 0 Å². The minimum absolute atomic E-state index is 0.0463. The molecule has 0 aliphatic carbocycles. The molecule has 21 heavy (non-hydrogen) atoms. The minimum Gasteiger partial charge on any atom is -0.481 e. The van der Waals surface area contributed by atoms with E-state index in [4.69, 9.17) is 0 Å². The summed E-state index contributed by atoms with van der Waals surface area (Å²) < 4.78 is 2.84. The van der Waals surface area contributed by atoms with E-state index in [1.165, 1.54) is 6.92 Å². The van der Waals surface area contributed by atoms with Crippen LogP contribution < -0.4 is 5.32 Å². The van der Waals surface area contributed by atoms with Crippen molar-refractivity contribution in [3.8, 4) is 0 Å². The quantitative estimate of drug-likeness (QED) is 0.439. The number of carbonyl (C=O) groups excluding carboxylic acids is 1. The molecular formula is C14H16I3NO3. The third kappa shape index (κ3) is 5.19. The average molecular weight is 627 g/mol. The summed E-state index contributed by atoms with van der Waals surface area (Å²) in [5.74, 6) is -1.26. The second-order valence-corrected chi connectivity index (χ2v) is 8.08. The number of rotatable bonds is 7. The van der Waals surface area contributed by atoms with Gasteiger partial charge in [0.15, 0.2) is 0 Å². The van der Waals surface area contributed by atoms with Crippen molar-refractivity contribution in [3.05, 3.63) is 22.3 Å². The molecule has 1 atom stereocenters. The Kier molecular flexibility index (Phi) is 8.17. The van der Waals surface area contributed by atoms with Gasteiger partial charge in [0.2, 0.25) is 0 Å². The topological polar surface area (TPSA) is 66.4 Å². The molecule has 0 amide bonds. The van der Waals surface area contributed by atoms with Crippen molar-refractivity contribution in [3.63, 3.8) is 0 Å². The summed E-state index contributed by atoms with van der Waals surface area (Å²) in [5.41, 5.74) is 1.70. The van der Waals surface area contributed by atoms with Gasteiger partial charge in [0.05, 0.1) is 18.2 Å². The Morgan fingerprint density at radius 2 is 1.90 bits per heavy atom. The molecule has 0 saturated heterocycles. The van der Waals surface area contributed by atoms with Gasteiger partial charge in [0, 0.05) is 10.7 Å². The van der Waals surface area contributed by atoms with E-state index in [2.05, 4.69) is 73.1 Å². The number of halogens is 3. The van der Waals surface area contributed by atoms with E-state index in [1.54, 1.807) is 0 Å². The molecule has 1 aromatic rings. The Hall–Kier alpha value is 0.350. The molecular weight excluding hydrogens is 611 g/mol. The van der Waals surface area contributed by atoms with Crippen LogP contribution >= 0.6 is 67.8 Å². The maximum absolute atomic E-state index is 11.6. The molecule has 0 spiro atoms. The van der Waals surface area contributed by atoms with E-state index in [0.717, 1.165) is 28.4 Å². The van der Waals surface area contributed by atoms with Crippen LogP contribution in [-0.2, 0) is 9.59 Å². The van der Waals surface area contributed by atoms with Crippen molar-refractivity contribution in [2.45, 2.75) is 32.6 Å². The number of hydrogen-bond acceptors (Lipinski definition) is 3. The fraction of sp³-hybridized carbons (Fsp3) is 0.429. The van der Waals surface area contributed by atoms with Crippen molar-refractivity contribution >= 4 is 85.2 Å². The molecule has 0 saturated carbocycles. The van der Waals surface area contributed by atoms with E-state index < -0.39 is 11.9 Å². The van der Waals surface area contributed by atoms with Crippen LogP contribution in [0.3, 0.4) is 0 Å². The normalized spacial score (nSPS) is 12.0. The van der Waals surface area contributed by atoms with Gasteiger partial charge in [-0.05, 0) is 92.7 Å². The standard InChI is InChI=1S/C14H16I3NO3/c1-3-4-8(14(20)21)11-9(15)5-10(16)13(12(11)17)18-6-7(2)19/h5,8,18H,3-4,6H2,1-2H3,(H,20,21). The van der Waals surface area contributed by atoms with Gasteiger partial charge in [-0.2, -0.15) is 0 Å². The van der Waals surface area contributed by atoms with Crippen LogP contribution in [0.15, 0.2) is 6.07 Å². The zero-order valence-electron chi connectivity index (χ0n) is 11.7. The number of carbonyl (C=O) groups is 2. The van der Waals surface area contributed by atoms with Crippen molar-refractivity contribution in [2.24, 2.45) is 0 Å². The minimum atomic E-state index is -0.800. The lowest BCUT2D eigenvalue weighted by Gasteiger charge is -2.20. The van der Waals surface area contributed by atoms with Gasteiger partial charge in [0.1, 0.15) is 5.78 Å². The largest absolute Gasteiger partial charge is 0.481 e. The van der Waals surface area contributed by atoms with Gasteiger partial charge in [0.25, 0.3) is 0 Å². The number of Topliss-reactive ketones (excluding diaryl/α,β-unsaturated/α-hetero) is 1. The first kappa shape index (κ1) is 19.4. The molecule has 0 bridgehead atoms. The monoisotopic (exact) mass is 627 g/mol. The summed E-state index contributed by atoms with van der Waals surface area (Å²) in [6.45, 7) is 3.76. The number of ketones is 1. The summed E-state index contributed by atoms with van der Waals surface area (Å²) in [4.78, 5) is 22.7. The van der Waals surface area contributed by atoms with Gasteiger partial charge in [-0.1, -0.05) is 13.3 Å². The second kappa shape index (κ2) is 8.85. The van der Waals surface area contributed by atoms with Crippen molar-refractivity contribution < 1.29 is 14.7 Å². The van der Waals surface area contributed by atoms with E-state index in [9.17, 15) is 14.7 Å². The van der Waals surface area contributed by atoms with Crippen molar-refractivity contribution in [1.29, 1.82) is 0 Å². The molecule has 0 radical (unpaired) electrons. The van der Waals surface area contributed by atoms with Crippen molar-refractivity contribution in [2.75, 3.05) is 11.9 Å².